The van der Waals surface area contributed by atoms with E-state index < -0.39 is 18.5 Å². The van der Waals surface area contributed by atoms with Crippen molar-refractivity contribution in [1.82, 2.24) is 4.90 Å². The molecule has 1 aromatic carbocycles. The van der Waals surface area contributed by atoms with E-state index in [0.717, 1.165) is 15.7 Å². The highest BCUT2D eigenvalue weighted by Crippen LogP contribution is 2.51. The molecule has 0 aromatic heterocycles. The van der Waals surface area contributed by atoms with E-state index in [1.165, 1.54) is 0 Å². The maximum Gasteiger partial charge on any atom is 0.288 e. The molecule has 1 aliphatic rings. The highest BCUT2D eigenvalue weighted by atomic mass is 79.9. The van der Waals surface area contributed by atoms with E-state index in [2.05, 4.69) is 31.9 Å². The number of nitrogens with zero attached hydrogens (tertiary/aromatic N) is 1. The van der Waals surface area contributed by atoms with Gasteiger partial charge in [-0.3, -0.25) is 14.5 Å². The van der Waals surface area contributed by atoms with Gasteiger partial charge in [-0.1, -0.05) is 65.8 Å². The average Bonchev–Trinajstić information content (AvgIpc) is 2.70. The molecular weight excluding hydrogens is 481 g/mol. The Balaban J connectivity index is 2.32. The molecule has 0 unspecified atom stereocenters. The molecule has 0 atom stereocenters. The Bertz CT molecular complexity index is 738. The largest absolute Gasteiger partial charge is 0.307 e. The third-order valence-corrected chi connectivity index (χ3v) is 12.1. The number of hydrogen-bond acceptors (Lipinski definition) is 2. The van der Waals surface area contributed by atoms with Crippen LogP contribution in [0.3, 0.4) is 0 Å². The molecule has 0 radical (unpaired) electrons. The lowest BCUT2D eigenvalue weighted by molar-refractivity contribution is -0.137. The first-order chi connectivity index (χ1) is 11.7. The summed E-state index contributed by atoms with van der Waals surface area (Å²) < 4.78 is 16.8. The van der Waals surface area contributed by atoms with E-state index >= 15 is 4.11 Å². The zero-order chi connectivity index (χ0) is 20.1. The fourth-order valence-electron chi connectivity index (χ4n) is 3.67. The summed E-state index contributed by atoms with van der Waals surface area (Å²) in [7, 11) is -3.32. The van der Waals surface area contributed by atoms with Crippen LogP contribution >= 0.6 is 31.9 Å². The first-order valence-electron chi connectivity index (χ1n) is 8.41. The molecule has 142 valence electrons. The van der Waals surface area contributed by atoms with Gasteiger partial charge in [-0.05, 0) is 52.7 Å². The number of amides is 2. The van der Waals surface area contributed by atoms with Crippen molar-refractivity contribution in [3.8, 4) is 0 Å². The van der Waals surface area contributed by atoms with E-state index in [1.54, 1.807) is 0 Å². The minimum Gasteiger partial charge on any atom is -0.307 e. The Labute approximate surface area is 172 Å². The lowest BCUT2D eigenvalue weighted by Gasteiger charge is -2.45. The second kappa shape index (κ2) is 6.98. The highest BCUT2D eigenvalue weighted by Gasteiger charge is 2.56. The minimum absolute atomic E-state index is 0.161. The molecule has 0 saturated carbocycles. The van der Waals surface area contributed by atoms with Crippen molar-refractivity contribution in [2.45, 2.75) is 58.2 Å². The number of imide groups is 1. The van der Waals surface area contributed by atoms with Crippen molar-refractivity contribution < 1.29 is 13.7 Å². The van der Waals surface area contributed by atoms with Crippen molar-refractivity contribution in [2.75, 3.05) is 0 Å². The Morgan fingerprint density at radius 2 is 1.27 bits per heavy atom. The number of carbonyl (C=O) groups is 2. The molecule has 26 heavy (non-hydrogen) atoms. The Morgan fingerprint density at radius 1 is 0.885 bits per heavy atom. The second-order valence-electron chi connectivity index (χ2n) is 8.68. The molecule has 1 aromatic rings. The van der Waals surface area contributed by atoms with Gasteiger partial charge < -0.3 is 4.11 Å². The summed E-state index contributed by atoms with van der Waals surface area (Å²) in [5.41, 5.74) is 0.789. The summed E-state index contributed by atoms with van der Waals surface area (Å²) in [6.07, 6.45) is 0. The van der Waals surface area contributed by atoms with E-state index in [4.69, 9.17) is 0 Å². The summed E-state index contributed by atoms with van der Waals surface area (Å²) >= 11 is 6.24. The molecule has 1 aliphatic heterocycles. The van der Waals surface area contributed by atoms with Crippen molar-refractivity contribution in [3.63, 3.8) is 0 Å². The van der Waals surface area contributed by atoms with Crippen LogP contribution in [0.5, 0.6) is 0 Å². The standard InChI is InChI=1S/C19H24Br2FNO2Si/c1-18(2,3)26(22,19(4,5)6)13-9-7-12(8-10-13)11-23-16(24)14(20)15(21)17(23)25/h7-10H,11H2,1-6H3. The van der Waals surface area contributed by atoms with Gasteiger partial charge in [-0.25, -0.2) is 0 Å². The normalized spacial score (nSPS) is 16.7. The molecule has 0 fully saturated rings. The third kappa shape index (κ3) is 3.50. The molecule has 7 heteroatoms. The summed E-state index contributed by atoms with van der Waals surface area (Å²) in [6.45, 7) is 11.9. The van der Waals surface area contributed by atoms with Crippen LogP contribution < -0.4 is 5.19 Å². The van der Waals surface area contributed by atoms with Crippen LogP contribution in [0.25, 0.3) is 0 Å². The van der Waals surface area contributed by atoms with Crippen molar-refractivity contribution in [2.24, 2.45) is 0 Å². The van der Waals surface area contributed by atoms with Gasteiger partial charge >= 0.3 is 0 Å². The molecule has 2 rings (SSSR count). The van der Waals surface area contributed by atoms with E-state index in [1.807, 2.05) is 65.8 Å². The van der Waals surface area contributed by atoms with Crippen LogP contribution in [0.4, 0.5) is 4.11 Å². The van der Waals surface area contributed by atoms with Gasteiger partial charge in [0.1, 0.15) is 8.96 Å². The van der Waals surface area contributed by atoms with Crippen LogP contribution in [0.2, 0.25) is 10.1 Å². The topological polar surface area (TPSA) is 37.4 Å². The maximum atomic E-state index is 16.3. The maximum absolute atomic E-state index is 16.3. The number of carbonyl (C=O) groups excluding carboxylic acids is 2. The number of rotatable bonds is 3. The fraction of sp³-hybridized carbons (Fsp3) is 0.474. The zero-order valence-electron chi connectivity index (χ0n) is 15.9. The Hall–Kier alpha value is -0.793. The van der Waals surface area contributed by atoms with E-state index in [9.17, 15) is 9.59 Å². The number of hydrogen-bond donors (Lipinski definition) is 0. The average molecular weight is 505 g/mol. The Kier molecular flexibility index (Phi) is 5.78. The van der Waals surface area contributed by atoms with Crippen LogP contribution in [0.15, 0.2) is 33.2 Å². The zero-order valence-corrected chi connectivity index (χ0v) is 20.1. The molecule has 2 amide bonds. The summed E-state index contributed by atoms with van der Waals surface area (Å²) in [6, 6.07) is 7.27. The van der Waals surface area contributed by atoms with Gasteiger partial charge in [0.25, 0.3) is 20.2 Å². The highest BCUT2D eigenvalue weighted by molar-refractivity contribution is 9.14. The first-order valence-corrected chi connectivity index (χ1v) is 11.9. The smallest absolute Gasteiger partial charge is 0.288 e. The number of benzene rings is 1. The van der Waals surface area contributed by atoms with Crippen molar-refractivity contribution in [3.05, 3.63) is 38.8 Å². The molecule has 0 bridgehead atoms. The Morgan fingerprint density at radius 3 is 1.62 bits per heavy atom. The number of halogens is 3. The van der Waals surface area contributed by atoms with Crippen LogP contribution in [0.1, 0.15) is 47.1 Å². The molecule has 0 N–H and O–H groups in total. The monoisotopic (exact) mass is 503 g/mol. The van der Waals surface area contributed by atoms with Crippen LogP contribution in [-0.4, -0.2) is 25.1 Å². The fourth-order valence-corrected chi connectivity index (χ4v) is 9.05. The summed E-state index contributed by atoms with van der Waals surface area (Å²) in [4.78, 5) is 25.4. The molecule has 0 spiro atoms. The summed E-state index contributed by atoms with van der Waals surface area (Å²) in [5, 5.41) is -0.165. The van der Waals surface area contributed by atoms with Crippen LogP contribution in [0, 0.1) is 0 Å². The minimum atomic E-state index is -3.32. The second-order valence-corrected chi connectivity index (χ2v) is 15.2. The summed E-state index contributed by atoms with van der Waals surface area (Å²) in [5.74, 6) is -0.742. The molecule has 1 heterocycles. The predicted octanol–water partition coefficient (Wildman–Crippen LogP) is 5.28. The van der Waals surface area contributed by atoms with Gasteiger partial charge in [-0.2, -0.15) is 0 Å². The van der Waals surface area contributed by atoms with Gasteiger partial charge in [-0.15, -0.1) is 0 Å². The van der Waals surface area contributed by atoms with E-state index in [0.29, 0.717) is 0 Å². The quantitative estimate of drug-likeness (QED) is 0.319. The van der Waals surface area contributed by atoms with Gasteiger partial charge in [0.15, 0.2) is 0 Å². The van der Waals surface area contributed by atoms with Crippen molar-refractivity contribution >= 4 is 57.3 Å². The van der Waals surface area contributed by atoms with Gasteiger partial charge in [0.2, 0.25) is 0 Å². The molecular formula is C19H24Br2FNO2Si. The van der Waals surface area contributed by atoms with Gasteiger partial charge in [0, 0.05) is 0 Å². The molecule has 0 saturated heterocycles. The van der Waals surface area contributed by atoms with E-state index in [-0.39, 0.29) is 27.3 Å². The van der Waals surface area contributed by atoms with Crippen molar-refractivity contribution in [1.29, 1.82) is 0 Å². The molecule has 0 aliphatic carbocycles. The first kappa shape index (κ1) is 21.5. The lowest BCUT2D eigenvalue weighted by Crippen LogP contribution is -2.57. The van der Waals surface area contributed by atoms with Crippen LogP contribution in [-0.2, 0) is 16.1 Å². The van der Waals surface area contributed by atoms with Gasteiger partial charge in [0.05, 0.1) is 6.54 Å². The molecule has 3 nitrogen and oxygen atoms in total. The SMILES string of the molecule is CC(C)(C)[Si](F)(c1ccc(CN2C(=O)C(Br)=C(Br)C2=O)cc1)C(C)(C)C. The predicted molar refractivity (Wildman–Crippen MR) is 113 cm³/mol. The third-order valence-electron chi connectivity index (χ3n) is 4.82. The lowest BCUT2D eigenvalue weighted by atomic mass is 10.2.